The van der Waals surface area contributed by atoms with E-state index in [9.17, 15) is 48.6 Å². The molecule has 0 radical (unpaired) electrons. The van der Waals surface area contributed by atoms with Crippen LogP contribution in [0.3, 0.4) is 0 Å². The van der Waals surface area contributed by atoms with Gasteiger partial charge in [-0.25, -0.2) is 9.78 Å². The summed E-state index contributed by atoms with van der Waals surface area (Å²) >= 11 is 0. The van der Waals surface area contributed by atoms with Gasteiger partial charge in [-0.05, 0) is 55.7 Å². The van der Waals surface area contributed by atoms with Crippen LogP contribution in [-0.2, 0) is 38.3 Å². The number of hydrogen-bond acceptors (Lipinski definition) is 12. The monoisotopic (exact) mass is 878 g/mol. The Hall–Kier alpha value is -6.11. The van der Waals surface area contributed by atoms with E-state index < -0.39 is 120 Å². The van der Waals surface area contributed by atoms with Gasteiger partial charge in [-0.2, -0.15) is 0 Å². The van der Waals surface area contributed by atoms with E-state index >= 15 is 0 Å². The van der Waals surface area contributed by atoms with Crippen molar-refractivity contribution in [3.8, 4) is 5.75 Å². The van der Waals surface area contributed by atoms with Crippen molar-refractivity contribution in [3.05, 3.63) is 59.9 Å². The number of carbonyl (C=O) groups is 8. The van der Waals surface area contributed by atoms with Crippen LogP contribution in [0.25, 0.3) is 0 Å². The lowest BCUT2D eigenvalue weighted by molar-refractivity contribution is -0.161. The molecule has 1 aromatic heterocycles. The zero-order chi connectivity index (χ0) is 47.0. The maximum Gasteiger partial charge on any atom is 0.333 e. The number of esters is 1. The minimum Gasteiger partial charge on any atom is -0.505 e. The van der Waals surface area contributed by atoms with E-state index in [2.05, 4.69) is 20.9 Å². The lowest BCUT2D eigenvalue weighted by Crippen LogP contribution is -2.60. The number of aromatic hydroxyl groups is 1. The highest BCUT2D eigenvalue weighted by Crippen LogP contribution is 2.26. The average molecular weight is 879 g/mol. The molecule has 1 aromatic carbocycles. The largest absolute Gasteiger partial charge is 0.505 e. The number of benzene rings is 1. The van der Waals surface area contributed by atoms with E-state index in [0.717, 1.165) is 14.7 Å². The Bertz CT molecular complexity index is 2020. The Morgan fingerprint density at radius 3 is 2.13 bits per heavy atom. The van der Waals surface area contributed by atoms with Crippen molar-refractivity contribution >= 4 is 47.3 Å². The third-order valence-electron chi connectivity index (χ3n) is 11.7. The number of aromatic nitrogens is 1. The molecule has 0 unspecified atom stereocenters. The number of fused-ring (bicyclic) bond motifs is 1. The zero-order valence-corrected chi connectivity index (χ0v) is 37.6. The summed E-state index contributed by atoms with van der Waals surface area (Å²) in [7, 11) is 4.13. The van der Waals surface area contributed by atoms with Crippen molar-refractivity contribution in [1.82, 2.24) is 40.5 Å². The summed E-state index contributed by atoms with van der Waals surface area (Å²) in [5, 5.41) is 29.1. The Balaban J connectivity index is 1.86. The molecule has 3 heterocycles. The van der Waals surface area contributed by atoms with Crippen LogP contribution in [0.2, 0.25) is 0 Å². The molecule has 2 aliphatic heterocycles. The average Bonchev–Trinajstić information content (AvgIpc) is 3.62. The highest BCUT2D eigenvalue weighted by atomic mass is 16.5. The fourth-order valence-corrected chi connectivity index (χ4v) is 7.82. The van der Waals surface area contributed by atoms with Crippen LogP contribution in [0.4, 0.5) is 0 Å². The van der Waals surface area contributed by atoms with Crippen LogP contribution < -0.4 is 16.0 Å². The van der Waals surface area contributed by atoms with Gasteiger partial charge in [0, 0.05) is 40.3 Å². The smallest absolute Gasteiger partial charge is 0.333 e. The molecule has 9 atom stereocenters. The van der Waals surface area contributed by atoms with Crippen LogP contribution in [0.1, 0.15) is 83.4 Å². The van der Waals surface area contributed by atoms with Crippen molar-refractivity contribution in [2.24, 2.45) is 17.8 Å². The van der Waals surface area contributed by atoms with E-state index in [1.807, 2.05) is 13.8 Å². The number of rotatable bonds is 7. The Morgan fingerprint density at radius 2 is 1.52 bits per heavy atom. The fraction of sp³-hybridized carbons (Fsp3) is 0.568. The van der Waals surface area contributed by atoms with Crippen molar-refractivity contribution < 1.29 is 53.3 Å². The minimum atomic E-state index is -1.74. The molecule has 2 aromatic rings. The molecule has 19 heteroatoms. The van der Waals surface area contributed by atoms with Gasteiger partial charge in [0.25, 0.3) is 5.91 Å². The quantitative estimate of drug-likeness (QED) is 0.240. The van der Waals surface area contributed by atoms with Gasteiger partial charge in [0.05, 0.1) is 12.6 Å². The van der Waals surface area contributed by atoms with Gasteiger partial charge >= 0.3 is 5.97 Å². The molecule has 0 aliphatic carbocycles. The lowest BCUT2D eigenvalue weighted by atomic mass is 9.88. The molecule has 5 N–H and O–H groups in total. The van der Waals surface area contributed by atoms with Gasteiger partial charge in [-0.3, -0.25) is 33.6 Å². The van der Waals surface area contributed by atoms with E-state index in [-0.39, 0.29) is 31.2 Å². The van der Waals surface area contributed by atoms with Gasteiger partial charge in [-0.15, -0.1) is 0 Å². The number of amides is 7. The first-order chi connectivity index (χ1) is 29.5. The van der Waals surface area contributed by atoms with Gasteiger partial charge in [-0.1, -0.05) is 65.0 Å². The molecule has 63 heavy (non-hydrogen) atoms. The summed E-state index contributed by atoms with van der Waals surface area (Å²) < 4.78 is 5.91. The minimum absolute atomic E-state index is 0.0335. The number of nitrogens with zero attached hydrogens (tertiary/aromatic N) is 5. The Kier molecular flexibility index (Phi) is 16.8. The third kappa shape index (κ3) is 11.9. The third-order valence-corrected chi connectivity index (χ3v) is 11.7. The summed E-state index contributed by atoms with van der Waals surface area (Å²) in [4.78, 5) is 122. The normalized spacial score (nSPS) is 27.0. The van der Waals surface area contributed by atoms with Crippen LogP contribution in [0.15, 0.2) is 48.7 Å². The Morgan fingerprint density at radius 1 is 0.873 bits per heavy atom. The van der Waals surface area contributed by atoms with Crippen molar-refractivity contribution in [1.29, 1.82) is 0 Å². The standard InChI is InChI=1S/C44H62N8O11/c1-23(2)19-30-42(60)52-21-29(53)20-31(52)43(61)49(8)22-33(55)50(9)36(25(5)24(3)4)40(58)46-26(6)41(59)51(10)37(28-15-12-11-13-16-28)44(62)63-27(7)34(38(56)47-30)48-39(57)35-32(54)17-14-18-45-35/h11-18,23-27,29-31,34,36-37,53-54H,19-22H2,1-10H3,(H,46,58)(H,47,56)(H,48,57)/t25-,26+,27-,29-,30-,31-,34+,36+,37-/m1/s1. The second kappa shape index (κ2) is 21.3. The number of pyridine rings is 1. The number of likely N-dealkylation sites (N-methyl/N-ethyl adjacent to an activating group) is 3. The second-order valence-corrected chi connectivity index (χ2v) is 17.3. The van der Waals surface area contributed by atoms with Crippen LogP contribution in [-0.4, -0.2) is 159 Å². The number of nitrogens with one attached hydrogen (secondary N) is 3. The second-order valence-electron chi connectivity index (χ2n) is 17.3. The molecule has 0 bridgehead atoms. The summed E-state index contributed by atoms with van der Waals surface area (Å²) in [6.07, 6.45) is -1.52. The van der Waals surface area contributed by atoms with Gasteiger partial charge in [0.15, 0.2) is 11.7 Å². The number of ether oxygens (including phenoxy) is 1. The molecule has 0 spiro atoms. The maximum absolute atomic E-state index is 14.5. The summed E-state index contributed by atoms with van der Waals surface area (Å²) in [5.41, 5.74) is -0.145. The Labute approximate surface area is 367 Å². The summed E-state index contributed by atoms with van der Waals surface area (Å²) in [6, 6.07) is 2.60. The van der Waals surface area contributed by atoms with Crippen LogP contribution in [0.5, 0.6) is 5.75 Å². The summed E-state index contributed by atoms with van der Waals surface area (Å²) in [6.45, 7) is 11.1. The van der Waals surface area contributed by atoms with Crippen molar-refractivity contribution in [2.45, 2.75) is 110 Å². The van der Waals surface area contributed by atoms with E-state index in [1.165, 1.54) is 58.2 Å². The first-order valence-corrected chi connectivity index (χ1v) is 21.1. The van der Waals surface area contributed by atoms with E-state index in [0.29, 0.717) is 5.56 Å². The zero-order valence-electron chi connectivity index (χ0n) is 37.6. The molecule has 7 amide bonds. The SMILES string of the molecule is CC(C)C[C@H]1NC(=O)[C@@H](NC(=O)c2ncccc2O)[C@@H](C)OC(=O)[C@@H](c2ccccc2)N(C)C(=O)[C@H](C)NC(=O)[C@H]([C@H](C)C(C)C)N(C)C(=O)CN(C)C(=O)[C@H]2C[C@@H](O)CN2C1=O. The predicted molar refractivity (Wildman–Crippen MR) is 228 cm³/mol. The topological polar surface area (TPSA) is 248 Å². The van der Waals surface area contributed by atoms with Gasteiger partial charge < -0.3 is 50.5 Å². The van der Waals surface area contributed by atoms with Crippen LogP contribution in [0, 0.1) is 17.8 Å². The molecule has 2 aliphatic rings. The van der Waals surface area contributed by atoms with E-state index in [4.69, 9.17) is 4.74 Å². The van der Waals surface area contributed by atoms with Crippen molar-refractivity contribution in [2.75, 3.05) is 34.2 Å². The number of cyclic esters (lactones) is 1. The first kappa shape index (κ1) is 49.5. The maximum atomic E-state index is 14.5. The highest BCUT2D eigenvalue weighted by Gasteiger charge is 2.45. The number of carbonyl (C=O) groups excluding carboxylic acids is 8. The highest BCUT2D eigenvalue weighted by molar-refractivity contribution is 6.00. The van der Waals surface area contributed by atoms with Gasteiger partial charge in [0.1, 0.15) is 42.1 Å². The fourth-order valence-electron chi connectivity index (χ4n) is 7.82. The van der Waals surface area contributed by atoms with Crippen molar-refractivity contribution in [3.63, 3.8) is 0 Å². The number of aliphatic hydroxyl groups is 1. The molecule has 2 saturated heterocycles. The number of aliphatic hydroxyl groups excluding tert-OH is 1. The molecule has 0 saturated carbocycles. The lowest BCUT2D eigenvalue weighted by Gasteiger charge is -2.37. The molecular weight excluding hydrogens is 817 g/mol. The van der Waals surface area contributed by atoms with Gasteiger partial charge in [0.2, 0.25) is 35.4 Å². The van der Waals surface area contributed by atoms with E-state index in [1.54, 1.807) is 51.1 Å². The van der Waals surface area contributed by atoms with Crippen LogP contribution >= 0.6 is 0 Å². The molecule has 19 nitrogen and oxygen atoms in total. The molecule has 2 fully saturated rings. The molecule has 4 rings (SSSR count). The number of hydrogen-bond donors (Lipinski definition) is 5. The summed E-state index contributed by atoms with van der Waals surface area (Å²) in [5.74, 6) is -7.75. The molecule has 344 valence electrons. The molecular formula is C44H62N8O11. The predicted octanol–water partition coefficient (Wildman–Crippen LogP) is 0.606. The first-order valence-electron chi connectivity index (χ1n) is 21.1.